The van der Waals surface area contributed by atoms with Gasteiger partial charge in [-0.3, -0.25) is 10.8 Å². The molecule has 0 radical (unpaired) electrons. The topological polar surface area (TPSA) is 50.9 Å². The minimum atomic E-state index is 0.561. The summed E-state index contributed by atoms with van der Waals surface area (Å²) in [6.07, 6.45) is 0.934. The van der Waals surface area contributed by atoms with Gasteiger partial charge in [-0.1, -0.05) is 25.4 Å². The molecule has 0 fully saturated rings. The fourth-order valence-corrected chi connectivity index (χ4v) is 3.10. The Hall–Kier alpha value is -0.590. The number of fused-ring (bicyclic) bond motifs is 1. The van der Waals surface area contributed by atoms with Crippen molar-refractivity contribution in [1.82, 2.24) is 4.98 Å². The van der Waals surface area contributed by atoms with Gasteiger partial charge in [0.15, 0.2) is 0 Å². The van der Waals surface area contributed by atoms with Crippen molar-refractivity contribution in [2.24, 2.45) is 11.8 Å². The number of benzene rings is 1. The first-order valence-corrected chi connectivity index (χ1v) is 7.22. The molecule has 18 heavy (non-hydrogen) atoms. The quantitative estimate of drug-likeness (QED) is 0.485. The number of aromatic nitrogens is 1. The lowest BCUT2D eigenvalue weighted by Crippen LogP contribution is -2.09. The molecular formula is C13H15ClIN3. The van der Waals surface area contributed by atoms with Crippen LogP contribution in [0.4, 0.5) is 5.69 Å². The van der Waals surface area contributed by atoms with E-state index in [1.807, 2.05) is 18.2 Å². The van der Waals surface area contributed by atoms with Gasteiger partial charge >= 0.3 is 0 Å². The normalized spacial score (nSPS) is 11.2. The number of anilines is 1. The first-order chi connectivity index (χ1) is 8.51. The molecule has 1 aromatic heterocycles. The molecule has 0 aliphatic carbocycles. The second-order valence-corrected chi connectivity index (χ2v) is 6.29. The number of nitrogens with zero attached hydrogens (tertiary/aromatic N) is 1. The lowest BCUT2D eigenvalue weighted by molar-refractivity contribution is 0.637. The Morgan fingerprint density at radius 3 is 2.72 bits per heavy atom. The highest BCUT2D eigenvalue weighted by Crippen LogP contribution is 2.30. The minimum Gasteiger partial charge on any atom is -0.323 e. The van der Waals surface area contributed by atoms with Crippen LogP contribution in [0, 0.1) is 9.49 Å². The summed E-state index contributed by atoms with van der Waals surface area (Å²) in [4.78, 5) is 4.70. The average molecular weight is 376 g/mol. The summed E-state index contributed by atoms with van der Waals surface area (Å²) in [7, 11) is 0. The monoisotopic (exact) mass is 375 g/mol. The number of nitrogens with two attached hydrogens (primary N) is 1. The Bertz CT molecular complexity index is 584. The van der Waals surface area contributed by atoms with E-state index in [4.69, 9.17) is 22.4 Å². The van der Waals surface area contributed by atoms with Crippen LogP contribution in [0.15, 0.2) is 18.2 Å². The maximum absolute atomic E-state index is 6.08. The second-order valence-electron chi connectivity index (χ2n) is 4.69. The fourth-order valence-electron chi connectivity index (χ4n) is 1.95. The number of rotatable bonds is 3. The molecule has 0 aliphatic heterocycles. The number of halogens is 2. The summed E-state index contributed by atoms with van der Waals surface area (Å²) in [6.45, 7) is 4.35. The summed E-state index contributed by atoms with van der Waals surface area (Å²) < 4.78 is 1.04. The van der Waals surface area contributed by atoms with Crippen LogP contribution in [0.3, 0.4) is 0 Å². The molecule has 3 N–H and O–H groups in total. The summed E-state index contributed by atoms with van der Waals surface area (Å²) in [6, 6.07) is 5.80. The van der Waals surface area contributed by atoms with Gasteiger partial charge in [0.2, 0.25) is 0 Å². The van der Waals surface area contributed by atoms with Crippen molar-refractivity contribution in [3.05, 3.63) is 32.5 Å². The van der Waals surface area contributed by atoms with Gasteiger partial charge in [-0.25, -0.2) is 0 Å². The Balaban J connectivity index is 2.67. The number of hydrazine groups is 1. The van der Waals surface area contributed by atoms with E-state index in [-0.39, 0.29) is 0 Å². The molecule has 0 saturated carbocycles. The maximum atomic E-state index is 6.08. The largest absolute Gasteiger partial charge is 0.323 e. The zero-order valence-corrected chi connectivity index (χ0v) is 13.2. The van der Waals surface area contributed by atoms with Gasteiger partial charge in [-0.05, 0) is 53.1 Å². The molecule has 0 spiro atoms. The van der Waals surface area contributed by atoms with E-state index in [2.05, 4.69) is 41.9 Å². The van der Waals surface area contributed by atoms with Gasteiger partial charge in [0, 0.05) is 19.7 Å². The molecule has 0 amide bonds. The third kappa shape index (κ3) is 2.87. The standard InChI is InChI=1S/C13H15ClIN3/c1-7(2)3-9-6-12(18-16)10-4-8(14)5-11(15)13(10)17-9/h4-7H,3,16H2,1-2H3,(H,17,18). The summed E-state index contributed by atoms with van der Waals surface area (Å²) in [5.74, 6) is 6.15. The Morgan fingerprint density at radius 2 is 2.11 bits per heavy atom. The fraction of sp³-hybridized carbons (Fsp3) is 0.308. The Morgan fingerprint density at radius 1 is 1.39 bits per heavy atom. The average Bonchev–Trinajstić information content (AvgIpc) is 2.28. The molecule has 1 heterocycles. The molecule has 1 aromatic carbocycles. The lowest BCUT2D eigenvalue weighted by Gasteiger charge is -2.12. The van der Waals surface area contributed by atoms with Gasteiger partial charge < -0.3 is 5.43 Å². The smallest absolute Gasteiger partial charge is 0.0860 e. The number of pyridine rings is 1. The first kappa shape index (κ1) is 13.8. The summed E-state index contributed by atoms with van der Waals surface area (Å²) >= 11 is 8.33. The first-order valence-electron chi connectivity index (χ1n) is 5.76. The van der Waals surface area contributed by atoms with E-state index in [1.165, 1.54) is 0 Å². The van der Waals surface area contributed by atoms with Gasteiger partial charge in [-0.15, -0.1) is 0 Å². The van der Waals surface area contributed by atoms with Crippen molar-refractivity contribution < 1.29 is 0 Å². The third-order valence-corrected chi connectivity index (χ3v) is 3.70. The molecule has 2 aromatic rings. The predicted molar refractivity (Wildman–Crippen MR) is 85.8 cm³/mol. The van der Waals surface area contributed by atoms with Gasteiger partial charge in [0.25, 0.3) is 0 Å². The lowest BCUT2D eigenvalue weighted by atomic mass is 10.1. The molecule has 3 nitrogen and oxygen atoms in total. The van der Waals surface area contributed by atoms with Crippen molar-refractivity contribution in [3.63, 3.8) is 0 Å². The predicted octanol–water partition coefficient (Wildman–Crippen LogP) is 3.98. The molecule has 0 saturated heterocycles. The van der Waals surface area contributed by atoms with Crippen molar-refractivity contribution in [2.75, 3.05) is 5.43 Å². The SMILES string of the molecule is CC(C)Cc1cc(NN)c2cc(Cl)cc(I)c2n1. The molecule has 5 heteroatoms. The van der Waals surface area contributed by atoms with Crippen LogP contribution in [-0.2, 0) is 6.42 Å². The molecule has 0 aliphatic rings. The van der Waals surface area contributed by atoms with Crippen LogP contribution in [0.5, 0.6) is 0 Å². The van der Waals surface area contributed by atoms with E-state index in [1.54, 1.807) is 0 Å². The zero-order chi connectivity index (χ0) is 13.3. The molecule has 0 bridgehead atoms. The minimum absolute atomic E-state index is 0.561. The van der Waals surface area contributed by atoms with Crippen LogP contribution >= 0.6 is 34.2 Å². The van der Waals surface area contributed by atoms with E-state index in [0.717, 1.165) is 32.3 Å². The van der Waals surface area contributed by atoms with E-state index >= 15 is 0 Å². The van der Waals surface area contributed by atoms with Gasteiger partial charge in [0.1, 0.15) is 0 Å². The van der Waals surface area contributed by atoms with E-state index < -0.39 is 0 Å². The highest BCUT2D eigenvalue weighted by molar-refractivity contribution is 14.1. The Kier molecular flexibility index (Phi) is 4.29. The van der Waals surface area contributed by atoms with Crippen molar-refractivity contribution in [1.29, 1.82) is 0 Å². The molecular weight excluding hydrogens is 361 g/mol. The van der Waals surface area contributed by atoms with Gasteiger partial charge in [-0.2, -0.15) is 0 Å². The van der Waals surface area contributed by atoms with Crippen LogP contribution in [0.25, 0.3) is 10.9 Å². The maximum Gasteiger partial charge on any atom is 0.0860 e. The van der Waals surface area contributed by atoms with E-state index in [9.17, 15) is 0 Å². The van der Waals surface area contributed by atoms with Crippen LogP contribution < -0.4 is 11.3 Å². The van der Waals surface area contributed by atoms with E-state index in [0.29, 0.717) is 10.9 Å². The van der Waals surface area contributed by atoms with Crippen LogP contribution in [0.2, 0.25) is 5.02 Å². The van der Waals surface area contributed by atoms with Crippen molar-refractivity contribution in [3.8, 4) is 0 Å². The number of nitrogen functional groups attached to an aromatic ring is 1. The molecule has 0 atom stereocenters. The zero-order valence-electron chi connectivity index (χ0n) is 10.3. The molecule has 0 unspecified atom stereocenters. The Labute approximate surface area is 125 Å². The van der Waals surface area contributed by atoms with Crippen molar-refractivity contribution >= 4 is 50.8 Å². The van der Waals surface area contributed by atoms with Gasteiger partial charge in [0.05, 0.1) is 11.2 Å². The summed E-state index contributed by atoms with van der Waals surface area (Å²) in [5.41, 5.74) is 5.60. The molecule has 96 valence electrons. The number of nitrogens with one attached hydrogen (secondary N) is 1. The van der Waals surface area contributed by atoms with Crippen molar-refractivity contribution in [2.45, 2.75) is 20.3 Å². The summed E-state index contributed by atoms with van der Waals surface area (Å²) in [5, 5.41) is 1.66. The highest BCUT2D eigenvalue weighted by Gasteiger charge is 2.10. The second kappa shape index (κ2) is 5.59. The highest BCUT2D eigenvalue weighted by atomic mass is 127. The molecule has 2 rings (SSSR count). The third-order valence-electron chi connectivity index (χ3n) is 2.66. The number of hydrogen-bond donors (Lipinski definition) is 2. The van der Waals surface area contributed by atoms with Crippen LogP contribution in [-0.4, -0.2) is 4.98 Å². The van der Waals surface area contributed by atoms with Crippen LogP contribution in [0.1, 0.15) is 19.5 Å². The number of hydrogen-bond acceptors (Lipinski definition) is 3.